The molecule has 19 heavy (non-hydrogen) atoms. The van der Waals surface area contributed by atoms with Crippen LogP contribution in [0.2, 0.25) is 0 Å². The van der Waals surface area contributed by atoms with E-state index in [4.69, 9.17) is 5.73 Å². The van der Waals surface area contributed by atoms with Gasteiger partial charge in [-0.15, -0.1) is 0 Å². The summed E-state index contributed by atoms with van der Waals surface area (Å²) in [4.78, 5) is 21.9. The van der Waals surface area contributed by atoms with Crippen molar-refractivity contribution in [1.82, 2.24) is 9.97 Å². The maximum Gasteiger partial charge on any atom is 0.224 e. The minimum absolute atomic E-state index is 0.200. The summed E-state index contributed by atoms with van der Waals surface area (Å²) in [5.74, 6) is 1.84. The number of nitrogens with zero attached hydrogens (tertiary/aromatic N) is 3. The van der Waals surface area contributed by atoms with Gasteiger partial charge >= 0.3 is 0 Å². The van der Waals surface area contributed by atoms with E-state index in [1.807, 2.05) is 20.2 Å². The van der Waals surface area contributed by atoms with Crippen molar-refractivity contribution in [1.29, 1.82) is 0 Å². The van der Waals surface area contributed by atoms with E-state index in [9.17, 15) is 4.79 Å². The van der Waals surface area contributed by atoms with Gasteiger partial charge in [0.2, 0.25) is 11.9 Å². The number of nitrogens with two attached hydrogens (primary N) is 1. The monoisotopic (exact) mass is 263 g/mol. The van der Waals surface area contributed by atoms with E-state index in [0.717, 1.165) is 37.3 Å². The fourth-order valence-electron chi connectivity index (χ4n) is 2.51. The zero-order chi connectivity index (χ0) is 13.8. The molecule has 1 aliphatic rings. The van der Waals surface area contributed by atoms with Crippen LogP contribution < -0.4 is 16.0 Å². The lowest BCUT2D eigenvalue weighted by atomic mass is 9.93. The van der Waals surface area contributed by atoms with E-state index in [0.29, 0.717) is 18.3 Å². The molecule has 1 aromatic rings. The van der Waals surface area contributed by atoms with Crippen LogP contribution in [-0.2, 0) is 4.79 Å². The van der Waals surface area contributed by atoms with Crippen molar-refractivity contribution in [2.24, 2.45) is 11.7 Å². The molecule has 3 N–H and O–H groups in total. The van der Waals surface area contributed by atoms with E-state index < -0.39 is 0 Å². The molecule has 1 aromatic heterocycles. The first kappa shape index (κ1) is 13.6. The molecule has 1 aliphatic heterocycles. The lowest BCUT2D eigenvalue weighted by molar-refractivity contribution is -0.119. The summed E-state index contributed by atoms with van der Waals surface area (Å²) in [5, 5.41) is 2.96. The third kappa shape index (κ3) is 3.33. The van der Waals surface area contributed by atoms with Crippen molar-refractivity contribution in [2.45, 2.75) is 26.2 Å². The molecule has 0 bridgehead atoms. The van der Waals surface area contributed by atoms with Crippen LogP contribution in [0.3, 0.4) is 0 Å². The third-order valence-electron chi connectivity index (χ3n) is 3.57. The SMILES string of the molecule is CNc1ncc(C)c(N2CCC(CC(N)=O)CC2)n1. The zero-order valence-corrected chi connectivity index (χ0v) is 11.5. The van der Waals surface area contributed by atoms with Gasteiger partial charge in [-0.25, -0.2) is 4.98 Å². The van der Waals surface area contributed by atoms with E-state index in [2.05, 4.69) is 20.2 Å². The number of rotatable bonds is 4. The van der Waals surface area contributed by atoms with Gasteiger partial charge < -0.3 is 16.0 Å². The van der Waals surface area contributed by atoms with Crippen LogP contribution in [0.5, 0.6) is 0 Å². The van der Waals surface area contributed by atoms with Gasteiger partial charge in [0, 0.05) is 38.3 Å². The number of primary amides is 1. The molecule has 2 heterocycles. The topological polar surface area (TPSA) is 84.1 Å². The predicted octanol–water partition coefficient (Wildman–Crippen LogP) is 0.919. The molecule has 1 fully saturated rings. The minimum atomic E-state index is -0.200. The Kier molecular flexibility index (Phi) is 4.19. The molecule has 0 aromatic carbocycles. The summed E-state index contributed by atoms with van der Waals surface area (Å²) in [6.07, 6.45) is 4.31. The predicted molar refractivity (Wildman–Crippen MR) is 75.1 cm³/mol. The number of carbonyl (C=O) groups is 1. The molecule has 104 valence electrons. The number of hydrogen-bond acceptors (Lipinski definition) is 5. The van der Waals surface area contributed by atoms with Crippen LogP contribution in [0.25, 0.3) is 0 Å². The summed E-state index contributed by atoms with van der Waals surface area (Å²) < 4.78 is 0. The Bertz CT molecular complexity index is 454. The van der Waals surface area contributed by atoms with Gasteiger partial charge in [0.25, 0.3) is 0 Å². The minimum Gasteiger partial charge on any atom is -0.370 e. The first-order chi connectivity index (χ1) is 9.10. The Morgan fingerprint density at radius 1 is 1.53 bits per heavy atom. The number of anilines is 2. The highest BCUT2D eigenvalue weighted by atomic mass is 16.1. The summed E-state index contributed by atoms with van der Waals surface area (Å²) in [7, 11) is 1.81. The van der Waals surface area contributed by atoms with Crippen LogP contribution >= 0.6 is 0 Å². The van der Waals surface area contributed by atoms with E-state index in [1.165, 1.54) is 0 Å². The Labute approximate surface area is 113 Å². The highest BCUT2D eigenvalue weighted by Crippen LogP contribution is 2.26. The molecule has 0 unspecified atom stereocenters. The molecule has 0 saturated carbocycles. The van der Waals surface area contributed by atoms with Gasteiger partial charge in [-0.3, -0.25) is 4.79 Å². The summed E-state index contributed by atoms with van der Waals surface area (Å²) in [5.41, 5.74) is 6.33. The highest BCUT2D eigenvalue weighted by molar-refractivity contribution is 5.74. The Morgan fingerprint density at radius 2 is 2.21 bits per heavy atom. The zero-order valence-electron chi connectivity index (χ0n) is 11.5. The van der Waals surface area contributed by atoms with E-state index in [1.54, 1.807) is 0 Å². The largest absolute Gasteiger partial charge is 0.370 e. The van der Waals surface area contributed by atoms with Crippen molar-refractivity contribution in [3.63, 3.8) is 0 Å². The molecule has 0 aliphatic carbocycles. The van der Waals surface area contributed by atoms with Gasteiger partial charge in [-0.05, 0) is 25.7 Å². The van der Waals surface area contributed by atoms with Gasteiger partial charge in [-0.1, -0.05) is 0 Å². The number of amides is 1. The van der Waals surface area contributed by atoms with Gasteiger partial charge in [-0.2, -0.15) is 4.98 Å². The number of nitrogens with one attached hydrogen (secondary N) is 1. The summed E-state index contributed by atoms with van der Waals surface area (Å²) >= 11 is 0. The van der Waals surface area contributed by atoms with Crippen LogP contribution in [0.4, 0.5) is 11.8 Å². The quantitative estimate of drug-likeness (QED) is 0.844. The van der Waals surface area contributed by atoms with Gasteiger partial charge in [0.15, 0.2) is 0 Å². The third-order valence-corrected chi connectivity index (χ3v) is 3.57. The first-order valence-corrected chi connectivity index (χ1v) is 6.64. The number of hydrogen-bond donors (Lipinski definition) is 2. The molecular weight excluding hydrogens is 242 g/mol. The van der Waals surface area contributed by atoms with Crippen LogP contribution in [0.1, 0.15) is 24.8 Å². The van der Waals surface area contributed by atoms with Crippen molar-refractivity contribution in [3.05, 3.63) is 11.8 Å². The fraction of sp³-hybridized carbons (Fsp3) is 0.615. The number of carbonyl (C=O) groups excluding carboxylic acids is 1. The Hall–Kier alpha value is -1.85. The molecule has 2 rings (SSSR count). The smallest absolute Gasteiger partial charge is 0.224 e. The molecule has 6 heteroatoms. The summed E-state index contributed by atoms with van der Waals surface area (Å²) in [6.45, 7) is 3.85. The first-order valence-electron chi connectivity index (χ1n) is 6.64. The molecule has 6 nitrogen and oxygen atoms in total. The number of aromatic nitrogens is 2. The Morgan fingerprint density at radius 3 is 2.79 bits per heavy atom. The average molecular weight is 263 g/mol. The lowest BCUT2D eigenvalue weighted by Crippen LogP contribution is -2.36. The van der Waals surface area contributed by atoms with Crippen LogP contribution in [-0.4, -0.2) is 36.0 Å². The molecule has 0 spiro atoms. The molecular formula is C13H21N5O. The van der Waals surface area contributed by atoms with Gasteiger partial charge in [0.1, 0.15) is 5.82 Å². The van der Waals surface area contributed by atoms with E-state index >= 15 is 0 Å². The van der Waals surface area contributed by atoms with Crippen molar-refractivity contribution >= 4 is 17.7 Å². The average Bonchev–Trinajstić information content (AvgIpc) is 2.40. The fourth-order valence-corrected chi connectivity index (χ4v) is 2.51. The van der Waals surface area contributed by atoms with Crippen LogP contribution in [0.15, 0.2) is 6.20 Å². The second-order valence-corrected chi connectivity index (χ2v) is 5.05. The molecule has 0 atom stereocenters. The Balaban J connectivity index is 2.03. The van der Waals surface area contributed by atoms with Crippen molar-refractivity contribution < 1.29 is 4.79 Å². The van der Waals surface area contributed by atoms with Crippen molar-refractivity contribution in [2.75, 3.05) is 30.4 Å². The molecule has 0 radical (unpaired) electrons. The highest BCUT2D eigenvalue weighted by Gasteiger charge is 2.22. The number of aryl methyl sites for hydroxylation is 1. The van der Waals surface area contributed by atoms with Crippen molar-refractivity contribution in [3.8, 4) is 0 Å². The van der Waals surface area contributed by atoms with Crippen LogP contribution in [0, 0.1) is 12.8 Å². The second-order valence-electron chi connectivity index (χ2n) is 5.05. The van der Waals surface area contributed by atoms with E-state index in [-0.39, 0.29) is 5.91 Å². The lowest BCUT2D eigenvalue weighted by Gasteiger charge is -2.33. The second kappa shape index (κ2) is 5.86. The maximum atomic E-state index is 10.9. The van der Waals surface area contributed by atoms with Gasteiger partial charge in [0.05, 0.1) is 0 Å². The number of piperidine rings is 1. The normalized spacial score (nSPS) is 16.4. The maximum absolute atomic E-state index is 10.9. The summed E-state index contributed by atoms with van der Waals surface area (Å²) in [6, 6.07) is 0. The standard InChI is InChI=1S/C13H21N5O/c1-9-8-16-13(15-2)17-12(9)18-5-3-10(4-6-18)7-11(14)19/h8,10H,3-7H2,1-2H3,(H2,14,19)(H,15,16,17). The molecule has 1 saturated heterocycles. The molecule has 1 amide bonds.